The van der Waals surface area contributed by atoms with Crippen LogP contribution in [0.15, 0.2) is 23.1 Å². The Kier molecular flexibility index (Phi) is 5.78. The van der Waals surface area contributed by atoms with Gasteiger partial charge in [-0.25, -0.2) is 13.1 Å². The van der Waals surface area contributed by atoms with Crippen molar-refractivity contribution in [1.29, 1.82) is 0 Å². The lowest BCUT2D eigenvalue weighted by Crippen LogP contribution is -3.05. The molecule has 108 valence electrons. The Morgan fingerprint density at radius 2 is 2.00 bits per heavy atom. The van der Waals surface area contributed by atoms with Crippen molar-refractivity contribution in [1.82, 2.24) is 4.72 Å². The first-order valence-corrected chi connectivity index (χ1v) is 7.78. The molecule has 2 N–H and O–H groups in total. The molecule has 0 atom stereocenters. The minimum absolute atomic E-state index is 0.201. The van der Waals surface area contributed by atoms with Gasteiger partial charge in [0, 0.05) is 13.0 Å². The molecule has 0 radical (unpaired) electrons. The first-order valence-electron chi connectivity index (χ1n) is 6.30. The van der Waals surface area contributed by atoms with E-state index in [0.29, 0.717) is 12.3 Å². The van der Waals surface area contributed by atoms with Gasteiger partial charge in [-0.3, -0.25) is 0 Å². The Morgan fingerprint density at radius 1 is 1.32 bits per heavy atom. The SMILES string of the molecule is COc1ccc(C)cc1S(=O)(=O)NCCC[NH+](C)C. The van der Waals surface area contributed by atoms with Crippen LogP contribution in [0.2, 0.25) is 0 Å². The lowest BCUT2D eigenvalue weighted by atomic mass is 10.2. The second kappa shape index (κ2) is 6.88. The Balaban J connectivity index is 2.79. The van der Waals surface area contributed by atoms with Crippen molar-refractivity contribution in [2.75, 3.05) is 34.3 Å². The average molecular weight is 287 g/mol. The number of rotatable bonds is 7. The summed E-state index contributed by atoms with van der Waals surface area (Å²) in [4.78, 5) is 1.50. The molecule has 0 aliphatic carbocycles. The Morgan fingerprint density at radius 3 is 2.58 bits per heavy atom. The second-order valence-electron chi connectivity index (χ2n) is 4.86. The molecule has 0 unspecified atom stereocenters. The number of ether oxygens (including phenoxy) is 1. The summed E-state index contributed by atoms with van der Waals surface area (Å²) < 4.78 is 32.1. The molecule has 0 aromatic heterocycles. The lowest BCUT2D eigenvalue weighted by molar-refractivity contribution is -0.858. The molecule has 0 bridgehead atoms. The molecule has 0 saturated carbocycles. The van der Waals surface area contributed by atoms with E-state index in [1.54, 1.807) is 12.1 Å². The highest BCUT2D eigenvalue weighted by atomic mass is 32.2. The number of methoxy groups -OCH3 is 1. The van der Waals surface area contributed by atoms with Crippen LogP contribution in [0.5, 0.6) is 5.75 Å². The molecule has 0 amide bonds. The van der Waals surface area contributed by atoms with Crippen LogP contribution in [-0.2, 0) is 10.0 Å². The largest absolute Gasteiger partial charge is 0.495 e. The maximum absolute atomic E-state index is 12.2. The second-order valence-corrected chi connectivity index (χ2v) is 6.60. The number of sulfonamides is 1. The van der Waals surface area contributed by atoms with Crippen LogP contribution < -0.4 is 14.4 Å². The molecule has 5 nitrogen and oxygen atoms in total. The third-order valence-corrected chi connectivity index (χ3v) is 4.24. The van der Waals surface area contributed by atoms with Crippen molar-refractivity contribution >= 4 is 10.0 Å². The van der Waals surface area contributed by atoms with E-state index in [-0.39, 0.29) is 4.90 Å². The third-order valence-electron chi connectivity index (χ3n) is 2.75. The molecule has 0 heterocycles. The lowest BCUT2D eigenvalue weighted by Gasteiger charge is -2.12. The van der Waals surface area contributed by atoms with Crippen molar-refractivity contribution in [2.24, 2.45) is 0 Å². The van der Waals surface area contributed by atoms with E-state index < -0.39 is 10.0 Å². The summed E-state index contributed by atoms with van der Waals surface area (Å²) in [6.45, 7) is 3.21. The van der Waals surface area contributed by atoms with Gasteiger partial charge in [-0.15, -0.1) is 0 Å². The standard InChI is InChI=1S/C13H22N2O3S/c1-11-6-7-12(18-4)13(10-11)19(16,17)14-8-5-9-15(2)3/h6-7,10,14H,5,8-9H2,1-4H3/p+1. The van der Waals surface area contributed by atoms with E-state index in [2.05, 4.69) is 4.72 Å². The molecule has 1 aromatic rings. The fourth-order valence-electron chi connectivity index (χ4n) is 1.72. The number of hydrogen-bond acceptors (Lipinski definition) is 3. The topological polar surface area (TPSA) is 59.8 Å². The Bertz CT molecular complexity index is 513. The van der Waals surface area contributed by atoms with Crippen molar-refractivity contribution in [3.05, 3.63) is 23.8 Å². The van der Waals surface area contributed by atoms with Gasteiger partial charge >= 0.3 is 0 Å². The highest BCUT2D eigenvalue weighted by Gasteiger charge is 2.19. The van der Waals surface area contributed by atoms with Crippen LogP contribution in [0.1, 0.15) is 12.0 Å². The Hall–Kier alpha value is -1.11. The number of quaternary nitrogens is 1. The van der Waals surface area contributed by atoms with E-state index in [4.69, 9.17) is 4.74 Å². The molecular formula is C13H23N2O3S+. The summed E-state index contributed by atoms with van der Waals surface area (Å²) >= 11 is 0. The van der Waals surface area contributed by atoms with E-state index in [1.165, 1.54) is 12.0 Å². The molecule has 1 aromatic carbocycles. The summed E-state index contributed by atoms with van der Waals surface area (Å²) in [6, 6.07) is 5.12. The van der Waals surface area contributed by atoms with Gasteiger partial charge in [0.15, 0.2) is 0 Å². The maximum Gasteiger partial charge on any atom is 0.244 e. The van der Waals surface area contributed by atoms with Crippen LogP contribution in [0.3, 0.4) is 0 Å². The number of benzene rings is 1. The number of aryl methyl sites for hydroxylation is 1. The van der Waals surface area contributed by atoms with Crippen LogP contribution >= 0.6 is 0 Å². The monoisotopic (exact) mass is 287 g/mol. The van der Waals surface area contributed by atoms with Crippen molar-refractivity contribution in [2.45, 2.75) is 18.2 Å². The minimum atomic E-state index is -3.51. The molecule has 0 saturated heterocycles. The van der Waals surface area contributed by atoms with Crippen LogP contribution in [0.4, 0.5) is 0 Å². The first-order chi connectivity index (χ1) is 8.86. The fourth-order valence-corrected chi connectivity index (χ4v) is 3.05. The minimum Gasteiger partial charge on any atom is -0.495 e. The van der Waals surface area contributed by atoms with Gasteiger partial charge < -0.3 is 9.64 Å². The number of hydrogen-bond donors (Lipinski definition) is 2. The van der Waals surface area contributed by atoms with Gasteiger partial charge in [0.2, 0.25) is 10.0 Å². The molecular weight excluding hydrogens is 264 g/mol. The zero-order valence-electron chi connectivity index (χ0n) is 12.0. The predicted molar refractivity (Wildman–Crippen MR) is 75.2 cm³/mol. The summed E-state index contributed by atoms with van der Waals surface area (Å²) in [5.41, 5.74) is 0.888. The first kappa shape index (κ1) is 15.9. The van der Waals surface area contributed by atoms with Gasteiger partial charge in [0.25, 0.3) is 0 Å². The maximum atomic E-state index is 12.2. The number of nitrogens with one attached hydrogen (secondary N) is 2. The van der Waals surface area contributed by atoms with Crippen molar-refractivity contribution in [3.63, 3.8) is 0 Å². The van der Waals surface area contributed by atoms with E-state index in [9.17, 15) is 8.42 Å². The third kappa shape index (κ3) is 4.81. The van der Waals surface area contributed by atoms with Crippen LogP contribution in [-0.4, -0.2) is 42.7 Å². The fraction of sp³-hybridized carbons (Fsp3) is 0.538. The summed E-state index contributed by atoms with van der Waals surface area (Å²) in [6.07, 6.45) is 0.801. The molecule has 0 spiro atoms. The molecule has 19 heavy (non-hydrogen) atoms. The van der Waals surface area contributed by atoms with Gasteiger partial charge in [-0.1, -0.05) is 6.07 Å². The zero-order chi connectivity index (χ0) is 14.5. The summed E-state index contributed by atoms with van der Waals surface area (Å²) in [5, 5.41) is 0. The highest BCUT2D eigenvalue weighted by Crippen LogP contribution is 2.24. The quantitative estimate of drug-likeness (QED) is 0.684. The van der Waals surface area contributed by atoms with E-state index in [1.807, 2.05) is 27.1 Å². The van der Waals surface area contributed by atoms with Gasteiger partial charge in [0.1, 0.15) is 10.6 Å². The molecule has 0 aliphatic rings. The van der Waals surface area contributed by atoms with E-state index >= 15 is 0 Å². The normalized spacial score (nSPS) is 11.8. The van der Waals surface area contributed by atoms with Crippen LogP contribution in [0.25, 0.3) is 0 Å². The van der Waals surface area contributed by atoms with E-state index in [0.717, 1.165) is 18.5 Å². The molecule has 1 rings (SSSR count). The van der Waals surface area contributed by atoms with Crippen LogP contribution in [0, 0.1) is 6.92 Å². The summed E-state index contributed by atoms with van der Waals surface area (Å²) in [5.74, 6) is 0.372. The average Bonchev–Trinajstić information content (AvgIpc) is 2.34. The van der Waals surface area contributed by atoms with Crippen molar-refractivity contribution in [3.8, 4) is 5.75 Å². The summed E-state index contributed by atoms with van der Waals surface area (Å²) in [7, 11) is 2.04. The predicted octanol–water partition coefficient (Wildman–Crippen LogP) is -0.183. The smallest absolute Gasteiger partial charge is 0.244 e. The highest BCUT2D eigenvalue weighted by molar-refractivity contribution is 7.89. The van der Waals surface area contributed by atoms with Gasteiger partial charge in [-0.2, -0.15) is 0 Å². The molecule has 0 aliphatic heterocycles. The van der Waals surface area contributed by atoms with Gasteiger partial charge in [0.05, 0.1) is 27.7 Å². The Labute approximate surface area is 115 Å². The molecule has 0 fully saturated rings. The molecule has 6 heteroatoms. The van der Waals surface area contributed by atoms with Gasteiger partial charge in [-0.05, 0) is 24.6 Å². The van der Waals surface area contributed by atoms with Crippen molar-refractivity contribution < 1.29 is 18.1 Å². The zero-order valence-corrected chi connectivity index (χ0v) is 12.8.